The van der Waals surface area contributed by atoms with E-state index in [0.717, 1.165) is 4.88 Å². The van der Waals surface area contributed by atoms with Gasteiger partial charge in [-0.05, 0) is 29.6 Å². The quantitative estimate of drug-likeness (QED) is 0.853. The average molecular weight is 311 g/mol. The molecule has 1 amide bonds. The number of thiophene rings is 1. The van der Waals surface area contributed by atoms with E-state index in [1.54, 1.807) is 29.5 Å². The van der Waals surface area contributed by atoms with Crippen LogP contribution in [0.5, 0.6) is 0 Å². The van der Waals surface area contributed by atoms with Gasteiger partial charge in [0, 0.05) is 10.4 Å². The molecule has 0 radical (unpaired) electrons. The van der Waals surface area contributed by atoms with Crippen LogP contribution in [0.15, 0.2) is 35.7 Å². The van der Waals surface area contributed by atoms with E-state index in [9.17, 15) is 4.79 Å². The van der Waals surface area contributed by atoms with Gasteiger partial charge in [-0.2, -0.15) is 0 Å². The minimum Gasteiger partial charge on any atom is -0.389 e. The molecule has 0 unspecified atom stereocenters. The number of nitrogens with two attached hydrogens (primary N) is 1. The van der Waals surface area contributed by atoms with Crippen LogP contribution in [0, 0.1) is 0 Å². The van der Waals surface area contributed by atoms with Crippen LogP contribution in [0.25, 0.3) is 0 Å². The van der Waals surface area contributed by atoms with E-state index >= 15 is 0 Å². The van der Waals surface area contributed by atoms with Gasteiger partial charge in [0.1, 0.15) is 4.99 Å². The molecule has 0 aliphatic rings. The van der Waals surface area contributed by atoms with E-state index in [1.807, 2.05) is 17.5 Å². The Morgan fingerprint density at radius 1 is 1.42 bits per heavy atom. The normalized spacial score (nSPS) is 10.2. The van der Waals surface area contributed by atoms with Crippen molar-refractivity contribution in [2.75, 3.05) is 5.32 Å². The molecule has 0 aliphatic carbocycles. The van der Waals surface area contributed by atoms with E-state index in [-0.39, 0.29) is 10.9 Å². The Morgan fingerprint density at radius 2 is 2.21 bits per heavy atom. The second kappa shape index (κ2) is 6.14. The number of hydrogen-bond donors (Lipinski definition) is 2. The number of amides is 1. The summed E-state index contributed by atoms with van der Waals surface area (Å²) in [6, 6.07) is 8.90. The summed E-state index contributed by atoms with van der Waals surface area (Å²) in [4.78, 5) is 13.1. The summed E-state index contributed by atoms with van der Waals surface area (Å²) >= 11 is 12.5. The molecule has 19 heavy (non-hydrogen) atoms. The van der Waals surface area contributed by atoms with Crippen LogP contribution in [-0.4, -0.2) is 10.9 Å². The number of anilines is 1. The number of hydrogen-bond acceptors (Lipinski definition) is 3. The van der Waals surface area contributed by atoms with Crippen LogP contribution < -0.4 is 11.1 Å². The summed E-state index contributed by atoms with van der Waals surface area (Å²) in [5.41, 5.74) is 6.75. The average Bonchev–Trinajstić information content (AvgIpc) is 2.84. The van der Waals surface area contributed by atoms with Gasteiger partial charge >= 0.3 is 0 Å². The Hall–Kier alpha value is -1.43. The number of benzene rings is 1. The van der Waals surface area contributed by atoms with Crippen molar-refractivity contribution in [2.45, 2.75) is 6.42 Å². The number of carbonyl (C=O) groups is 1. The SMILES string of the molecule is NC(=S)c1ccc(NC(=O)Cc2cccs2)c(Cl)c1. The van der Waals surface area contributed by atoms with Crippen LogP contribution >= 0.6 is 35.2 Å². The van der Waals surface area contributed by atoms with Crippen molar-refractivity contribution in [3.8, 4) is 0 Å². The summed E-state index contributed by atoms with van der Waals surface area (Å²) in [6.07, 6.45) is 0.338. The second-order valence-corrected chi connectivity index (χ2v) is 5.74. The lowest BCUT2D eigenvalue weighted by Gasteiger charge is -2.08. The molecular formula is C13H11ClN2OS2. The molecule has 98 valence electrons. The summed E-state index contributed by atoms with van der Waals surface area (Å²) in [5, 5.41) is 5.12. The fraction of sp³-hybridized carbons (Fsp3) is 0.0769. The Morgan fingerprint density at radius 3 is 2.79 bits per heavy atom. The van der Waals surface area contributed by atoms with Crippen molar-refractivity contribution in [1.82, 2.24) is 0 Å². The highest BCUT2D eigenvalue weighted by Crippen LogP contribution is 2.23. The fourth-order valence-electron chi connectivity index (χ4n) is 1.54. The van der Waals surface area contributed by atoms with Crippen molar-refractivity contribution in [3.05, 3.63) is 51.2 Å². The van der Waals surface area contributed by atoms with E-state index in [4.69, 9.17) is 29.6 Å². The van der Waals surface area contributed by atoms with Crippen molar-refractivity contribution < 1.29 is 4.79 Å². The third-order valence-corrected chi connectivity index (χ3v) is 3.87. The number of rotatable bonds is 4. The second-order valence-electron chi connectivity index (χ2n) is 3.86. The summed E-state index contributed by atoms with van der Waals surface area (Å²) in [6.45, 7) is 0. The predicted octanol–water partition coefficient (Wildman–Crippen LogP) is 3.22. The maximum absolute atomic E-state index is 11.8. The van der Waals surface area contributed by atoms with Crippen molar-refractivity contribution in [2.24, 2.45) is 5.73 Å². The zero-order valence-corrected chi connectivity index (χ0v) is 12.2. The molecule has 0 saturated heterocycles. The first-order valence-corrected chi connectivity index (χ1v) is 7.14. The predicted molar refractivity (Wildman–Crippen MR) is 84.0 cm³/mol. The molecule has 0 spiro atoms. The van der Waals surface area contributed by atoms with E-state index in [0.29, 0.717) is 22.7 Å². The lowest BCUT2D eigenvalue weighted by atomic mass is 10.2. The minimum absolute atomic E-state index is 0.104. The van der Waals surface area contributed by atoms with Gasteiger partial charge in [-0.25, -0.2) is 0 Å². The summed E-state index contributed by atoms with van der Waals surface area (Å²) in [5.74, 6) is -0.104. The van der Waals surface area contributed by atoms with Crippen LogP contribution in [0.4, 0.5) is 5.69 Å². The Bertz CT molecular complexity index is 611. The number of carbonyl (C=O) groups excluding carboxylic acids is 1. The van der Waals surface area contributed by atoms with E-state index in [2.05, 4.69) is 5.32 Å². The molecule has 2 rings (SSSR count). The molecule has 1 aromatic heterocycles. The van der Waals surface area contributed by atoms with Gasteiger partial charge in [-0.3, -0.25) is 4.79 Å². The topological polar surface area (TPSA) is 55.1 Å². The number of nitrogens with one attached hydrogen (secondary N) is 1. The first-order chi connectivity index (χ1) is 9.06. The molecule has 0 fully saturated rings. The van der Waals surface area contributed by atoms with Crippen molar-refractivity contribution >= 4 is 51.7 Å². The van der Waals surface area contributed by atoms with Crippen molar-refractivity contribution in [3.63, 3.8) is 0 Å². The summed E-state index contributed by atoms with van der Waals surface area (Å²) < 4.78 is 0. The lowest BCUT2D eigenvalue weighted by molar-refractivity contribution is -0.115. The first kappa shape index (κ1) is 14.0. The van der Waals surface area contributed by atoms with Crippen LogP contribution in [0.2, 0.25) is 5.02 Å². The molecule has 1 aromatic carbocycles. The molecule has 0 bridgehead atoms. The molecule has 3 nitrogen and oxygen atoms in total. The smallest absolute Gasteiger partial charge is 0.229 e. The van der Waals surface area contributed by atoms with Gasteiger partial charge in [0.05, 0.1) is 17.1 Å². The van der Waals surface area contributed by atoms with Gasteiger partial charge in [0.15, 0.2) is 0 Å². The Kier molecular flexibility index (Phi) is 4.52. The molecule has 0 saturated carbocycles. The standard InChI is InChI=1S/C13H11ClN2OS2/c14-10-6-8(13(15)18)3-4-11(10)16-12(17)7-9-2-1-5-19-9/h1-6H,7H2,(H2,15,18)(H,16,17). The summed E-state index contributed by atoms with van der Waals surface area (Å²) in [7, 11) is 0. The lowest BCUT2D eigenvalue weighted by Crippen LogP contribution is -2.15. The molecule has 6 heteroatoms. The molecule has 2 aromatic rings. The van der Waals surface area contributed by atoms with Gasteiger partial charge in [-0.1, -0.05) is 29.9 Å². The van der Waals surface area contributed by atoms with Gasteiger partial charge < -0.3 is 11.1 Å². The molecule has 0 atom stereocenters. The number of thiocarbonyl (C=S) groups is 1. The first-order valence-electron chi connectivity index (χ1n) is 5.48. The maximum atomic E-state index is 11.8. The van der Waals surface area contributed by atoms with Crippen LogP contribution in [-0.2, 0) is 11.2 Å². The molecule has 1 heterocycles. The van der Waals surface area contributed by atoms with Crippen molar-refractivity contribution in [1.29, 1.82) is 0 Å². The minimum atomic E-state index is -0.104. The largest absolute Gasteiger partial charge is 0.389 e. The van der Waals surface area contributed by atoms with Gasteiger partial charge in [-0.15, -0.1) is 11.3 Å². The van der Waals surface area contributed by atoms with E-state index in [1.165, 1.54) is 0 Å². The Labute approximate surface area is 125 Å². The van der Waals surface area contributed by atoms with Gasteiger partial charge in [0.25, 0.3) is 0 Å². The van der Waals surface area contributed by atoms with Crippen LogP contribution in [0.1, 0.15) is 10.4 Å². The molecule has 3 N–H and O–H groups in total. The fourth-order valence-corrected chi connectivity index (χ4v) is 2.59. The van der Waals surface area contributed by atoms with Crippen LogP contribution in [0.3, 0.4) is 0 Å². The highest BCUT2D eigenvalue weighted by molar-refractivity contribution is 7.80. The highest BCUT2D eigenvalue weighted by atomic mass is 35.5. The molecule has 0 aliphatic heterocycles. The third kappa shape index (κ3) is 3.76. The number of halogens is 1. The zero-order valence-electron chi connectivity index (χ0n) is 9.85. The Balaban J connectivity index is 2.07. The monoisotopic (exact) mass is 310 g/mol. The van der Waals surface area contributed by atoms with Gasteiger partial charge in [0.2, 0.25) is 5.91 Å². The highest BCUT2D eigenvalue weighted by Gasteiger charge is 2.08. The molecular weight excluding hydrogens is 300 g/mol. The zero-order chi connectivity index (χ0) is 13.8. The third-order valence-electron chi connectivity index (χ3n) is 2.44. The maximum Gasteiger partial charge on any atom is 0.229 e. The van der Waals surface area contributed by atoms with E-state index < -0.39 is 0 Å².